The Balaban J connectivity index is 2.32. The molecule has 0 amide bonds. The first kappa shape index (κ1) is 15.6. The zero-order valence-electron chi connectivity index (χ0n) is 11.8. The zero-order valence-corrected chi connectivity index (χ0v) is 12.6. The molecule has 0 aliphatic rings. The van der Waals surface area contributed by atoms with E-state index in [1.165, 1.54) is 19.3 Å². The molecule has 0 fully saturated rings. The van der Waals surface area contributed by atoms with Crippen LogP contribution in [0.15, 0.2) is 29.3 Å². The van der Waals surface area contributed by atoms with E-state index in [2.05, 4.69) is 30.7 Å². The number of hydrogen-bond donors (Lipinski definition) is 3. The van der Waals surface area contributed by atoms with E-state index in [0.29, 0.717) is 11.3 Å². The van der Waals surface area contributed by atoms with Gasteiger partial charge in [-0.2, -0.15) is 10.5 Å². The number of aryl methyl sites for hydroxylation is 1. The maximum atomic E-state index is 11.9. The number of sulfonamides is 1. The summed E-state index contributed by atoms with van der Waals surface area (Å²) in [6.45, 7) is 1.70. The quantitative estimate of drug-likeness (QED) is 0.678. The summed E-state index contributed by atoms with van der Waals surface area (Å²) in [5.41, 5.74) is 1.28. The zero-order chi connectivity index (χ0) is 16.2. The number of rotatable bonds is 5. The molecule has 2 aromatic rings. The van der Waals surface area contributed by atoms with Gasteiger partial charge in [-0.3, -0.25) is 0 Å². The Morgan fingerprint density at radius 2 is 2.23 bits per heavy atom. The lowest BCUT2D eigenvalue weighted by Gasteiger charge is -2.09. The number of allylic oxidation sites excluding steroid dienone is 1. The number of aromatic amines is 1. The molecule has 1 aromatic carbocycles. The first-order chi connectivity index (χ1) is 10.5. The Labute approximate surface area is 127 Å². The number of hydrogen-bond acceptors (Lipinski definition) is 7. The molecule has 0 unspecified atom stereocenters. The number of nitriles is 1. The number of nitrogens with zero attached hydrogens (tertiary/aromatic N) is 4. The fourth-order valence-corrected chi connectivity index (χ4v) is 2.66. The highest BCUT2D eigenvalue weighted by atomic mass is 32.2. The predicted octanol–water partition coefficient (Wildman–Crippen LogP) is 0.393. The van der Waals surface area contributed by atoms with Gasteiger partial charge in [0.25, 0.3) is 0 Å². The van der Waals surface area contributed by atoms with E-state index in [9.17, 15) is 8.42 Å². The molecule has 0 saturated heterocycles. The van der Waals surface area contributed by atoms with Crippen molar-refractivity contribution >= 4 is 21.3 Å². The van der Waals surface area contributed by atoms with Gasteiger partial charge in [0.15, 0.2) is 0 Å². The molecule has 2 rings (SSSR count). The Morgan fingerprint density at radius 3 is 2.82 bits per heavy atom. The summed E-state index contributed by atoms with van der Waals surface area (Å²) in [6, 6.07) is 6.77. The van der Waals surface area contributed by atoms with Gasteiger partial charge in [-0.15, -0.1) is 10.2 Å². The van der Waals surface area contributed by atoms with Crippen molar-refractivity contribution < 1.29 is 8.42 Å². The minimum atomic E-state index is -3.55. The number of nitrogens with one attached hydrogen (secondary N) is 3. The van der Waals surface area contributed by atoms with Gasteiger partial charge in [0.05, 0.1) is 4.90 Å². The second-order valence-corrected chi connectivity index (χ2v) is 6.09. The lowest BCUT2D eigenvalue weighted by Crippen LogP contribution is -2.19. The van der Waals surface area contributed by atoms with Gasteiger partial charge in [-0.1, -0.05) is 6.07 Å². The molecule has 0 radical (unpaired) electrons. The minimum absolute atomic E-state index is 0.144. The van der Waals surface area contributed by atoms with Crippen LogP contribution in [0.3, 0.4) is 0 Å². The monoisotopic (exact) mass is 319 g/mol. The van der Waals surface area contributed by atoms with Crippen molar-refractivity contribution in [3.8, 4) is 6.07 Å². The van der Waals surface area contributed by atoms with E-state index in [1.807, 2.05) is 6.07 Å². The van der Waals surface area contributed by atoms with Crippen molar-refractivity contribution in [1.82, 2.24) is 25.3 Å². The summed E-state index contributed by atoms with van der Waals surface area (Å²) in [4.78, 5) is 0.159. The van der Waals surface area contributed by atoms with Crippen molar-refractivity contribution in [3.63, 3.8) is 0 Å². The van der Waals surface area contributed by atoms with Gasteiger partial charge < -0.3 is 5.32 Å². The Bertz CT molecular complexity index is 835. The van der Waals surface area contributed by atoms with E-state index < -0.39 is 10.0 Å². The highest BCUT2D eigenvalue weighted by Gasteiger charge is 2.15. The summed E-state index contributed by atoms with van der Waals surface area (Å²) < 4.78 is 26.1. The highest BCUT2D eigenvalue weighted by molar-refractivity contribution is 7.89. The van der Waals surface area contributed by atoms with Crippen LogP contribution in [0.4, 0.5) is 5.69 Å². The van der Waals surface area contributed by atoms with Crippen LogP contribution < -0.4 is 10.0 Å². The molecular formula is C12H13N7O2S. The van der Waals surface area contributed by atoms with Crippen LogP contribution in [0.2, 0.25) is 0 Å². The SMILES string of the molecule is CNS(=O)(=O)c1cc(NC=C(C#N)c2nn[nH]n2)ccc1C. The van der Waals surface area contributed by atoms with Gasteiger partial charge in [-0.05, 0) is 36.9 Å². The van der Waals surface area contributed by atoms with Gasteiger partial charge in [-0.25, -0.2) is 13.1 Å². The maximum Gasteiger partial charge on any atom is 0.240 e. The van der Waals surface area contributed by atoms with E-state index in [4.69, 9.17) is 5.26 Å². The molecule has 22 heavy (non-hydrogen) atoms. The number of H-pyrrole nitrogens is 1. The normalized spacial score (nSPS) is 12.0. The topological polar surface area (TPSA) is 136 Å². The second-order valence-electron chi connectivity index (χ2n) is 4.24. The van der Waals surface area contributed by atoms with Crippen molar-refractivity contribution in [2.45, 2.75) is 11.8 Å². The summed E-state index contributed by atoms with van der Waals surface area (Å²) in [5.74, 6) is 0.144. The Hall–Kier alpha value is -2.77. The summed E-state index contributed by atoms with van der Waals surface area (Å²) >= 11 is 0. The molecule has 0 bridgehead atoms. The van der Waals surface area contributed by atoms with Crippen LogP contribution in [-0.2, 0) is 10.0 Å². The van der Waals surface area contributed by atoms with Crippen molar-refractivity contribution in [2.75, 3.05) is 12.4 Å². The number of aromatic nitrogens is 4. The van der Waals surface area contributed by atoms with Gasteiger partial charge in [0, 0.05) is 11.9 Å². The van der Waals surface area contributed by atoms with Crippen LogP contribution in [0, 0.1) is 18.3 Å². The Morgan fingerprint density at radius 1 is 1.45 bits per heavy atom. The molecule has 0 spiro atoms. The molecule has 10 heteroatoms. The average Bonchev–Trinajstić information content (AvgIpc) is 3.03. The maximum absolute atomic E-state index is 11.9. The van der Waals surface area contributed by atoms with E-state index in [1.54, 1.807) is 19.1 Å². The molecule has 1 aromatic heterocycles. The fourth-order valence-electron chi connectivity index (χ4n) is 1.67. The van der Waals surface area contributed by atoms with Gasteiger partial charge in [0.2, 0.25) is 15.8 Å². The van der Waals surface area contributed by atoms with Crippen LogP contribution in [-0.4, -0.2) is 36.1 Å². The highest BCUT2D eigenvalue weighted by Crippen LogP contribution is 2.20. The van der Waals surface area contributed by atoms with Gasteiger partial charge >= 0.3 is 0 Å². The summed E-state index contributed by atoms with van der Waals surface area (Å²) in [5, 5.41) is 24.9. The smallest absolute Gasteiger partial charge is 0.240 e. The first-order valence-electron chi connectivity index (χ1n) is 6.12. The molecule has 3 N–H and O–H groups in total. The third-order valence-electron chi connectivity index (χ3n) is 2.84. The fraction of sp³-hybridized carbons (Fsp3) is 0.167. The minimum Gasteiger partial charge on any atom is -0.360 e. The van der Waals surface area contributed by atoms with E-state index >= 15 is 0 Å². The number of anilines is 1. The molecule has 114 valence electrons. The molecule has 0 aliphatic heterocycles. The van der Waals surface area contributed by atoms with Crippen LogP contribution in [0.1, 0.15) is 11.4 Å². The molecule has 9 nitrogen and oxygen atoms in total. The van der Waals surface area contributed by atoms with Crippen LogP contribution in [0.5, 0.6) is 0 Å². The lowest BCUT2D eigenvalue weighted by atomic mass is 10.2. The van der Waals surface area contributed by atoms with Crippen molar-refractivity contribution in [1.29, 1.82) is 5.26 Å². The Kier molecular flexibility index (Phi) is 4.50. The third-order valence-corrected chi connectivity index (χ3v) is 4.39. The van der Waals surface area contributed by atoms with Crippen LogP contribution >= 0.6 is 0 Å². The second kappa shape index (κ2) is 6.33. The van der Waals surface area contributed by atoms with Crippen molar-refractivity contribution in [2.24, 2.45) is 0 Å². The first-order valence-corrected chi connectivity index (χ1v) is 7.61. The largest absolute Gasteiger partial charge is 0.360 e. The molecule has 0 atom stereocenters. The van der Waals surface area contributed by atoms with Crippen molar-refractivity contribution in [3.05, 3.63) is 35.8 Å². The molecule has 1 heterocycles. The van der Waals surface area contributed by atoms with E-state index in [-0.39, 0.29) is 16.3 Å². The summed E-state index contributed by atoms with van der Waals surface area (Å²) in [6.07, 6.45) is 1.38. The predicted molar refractivity (Wildman–Crippen MR) is 78.8 cm³/mol. The standard InChI is InChI=1S/C12H13N7O2S/c1-8-3-4-10(5-11(8)22(20,21)14-2)15-7-9(6-13)12-16-18-19-17-12/h3-5,7,14-15H,1-2H3,(H,16,17,18,19). The molecular weight excluding hydrogens is 306 g/mol. The lowest BCUT2D eigenvalue weighted by molar-refractivity contribution is 0.587. The van der Waals surface area contributed by atoms with Gasteiger partial charge in [0.1, 0.15) is 11.6 Å². The van der Waals surface area contributed by atoms with E-state index in [0.717, 1.165) is 0 Å². The molecule has 0 saturated carbocycles. The third kappa shape index (κ3) is 3.27. The summed E-state index contributed by atoms with van der Waals surface area (Å²) in [7, 11) is -2.21. The average molecular weight is 319 g/mol. The van der Waals surface area contributed by atoms with Crippen LogP contribution in [0.25, 0.3) is 5.57 Å². The number of benzene rings is 1. The number of tetrazole rings is 1. The molecule has 0 aliphatic carbocycles.